The number of aryl methyl sites for hydroxylation is 1. The second-order valence-electron chi connectivity index (χ2n) is 7.69. The molecule has 0 unspecified atom stereocenters. The van der Waals surface area contributed by atoms with E-state index in [0.29, 0.717) is 17.7 Å². The van der Waals surface area contributed by atoms with Crippen molar-refractivity contribution in [3.8, 4) is 0 Å². The fourth-order valence-electron chi connectivity index (χ4n) is 2.58. The van der Waals surface area contributed by atoms with Crippen LogP contribution < -0.4 is 10.6 Å². The Labute approximate surface area is 176 Å². The van der Waals surface area contributed by atoms with Crippen LogP contribution in [0.15, 0.2) is 6.20 Å². The molecular formula is C20H31N3O7. The van der Waals surface area contributed by atoms with Gasteiger partial charge in [-0.1, -0.05) is 0 Å². The number of nitrogens with one attached hydrogen (secondary N) is 3. The summed E-state index contributed by atoms with van der Waals surface area (Å²) in [5, 5.41) is 5.17. The largest absolute Gasteiger partial charge is 0.469 e. The molecule has 0 aliphatic heterocycles. The van der Waals surface area contributed by atoms with Gasteiger partial charge in [-0.2, -0.15) is 0 Å². The predicted molar refractivity (Wildman–Crippen MR) is 108 cm³/mol. The molecule has 1 heterocycles. The molecule has 0 aliphatic carbocycles. The third-order valence-corrected chi connectivity index (χ3v) is 4.11. The van der Waals surface area contributed by atoms with Crippen LogP contribution >= 0.6 is 0 Å². The molecule has 2 amide bonds. The highest BCUT2D eigenvalue weighted by molar-refractivity contribution is 5.85. The molecule has 168 valence electrons. The second kappa shape index (κ2) is 11.2. The molecule has 1 aromatic heterocycles. The van der Waals surface area contributed by atoms with Gasteiger partial charge in [-0.05, 0) is 45.2 Å². The van der Waals surface area contributed by atoms with Crippen molar-refractivity contribution in [1.29, 1.82) is 0 Å². The van der Waals surface area contributed by atoms with Crippen LogP contribution in [0.3, 0.4) is 0 Å². The zero-order chi connectivity index (χ0) is 22.9. The summed E-state index contributed by atoms with van der Waals surface area (Å²) in [7, 11) is 2.59. The summed E-state index contributed by atoms with van der Waals surface area (Å²) in [6.45, 7) is 6.81. The minimum Gasteiger partial charge on any atom is -0.469 e. The lowest BCUT2D eigenvalue weighted by atomic mass is 10.0. The Morgan fingerprint density at radius 3 is 2.30 bits per heavy atom. The molecule has 0 aliphatic rings. The summed E-state index contributed by atoms with van der Waals surface area (Å²) in [4.78, 5) is 50.4. The maximum atomic E-state index is 12.3. The van der Waals surface area contributed by atoms with Crippen LogP contribution in [0.1, 0.15) is 50.9 Å². The molecule has 1 atom stereocenters. The number of carbonyl (C=O) groups excluding carboxylic acids is 4. The van der Waals surface area contributed by atoms with Gasteiger partial charge >= 0.3 is 18.0 Å². The van der Waals surface area contributed by atoms with E-state index >= 15 is 0 Å². The fraction of sp³-hybridized carbons (Fsp3) is 0.600. The van der Waals surface area contributed by atoms with E-state index in [1.807, 2.05) is 0 Å². The lowest BCUT2D eigenvalue weighted by Crippen LogP contribution is -2.46. The lowest BCUT2D eigenvalue weighted by Gasteiger charge is -2.21. The van der Waals surface area contributed by atoms with E-state index in [4.69, 9.17) is 9.47 Å². The number of methoxy groups -OCH3 is 2. The molecule has 0 aromatic carbocycles. The van der Waals surface area contributed by atoms with Gasteiger partial charge in [0.25, 0.3) is 0 Å². The number of alkyl carbamates (subject to hydrolysis) is 1. The average Bonchev–Trinajstić information content (AvgIpc) is 3.03. The van der Waals surface area contributed by atoms with Crippen LogP contribution in [0.4, 0.5) is 4.79 Å². The molecule has 1 rings (SSSR count). The van der Waals surface area contributed by atoms with Crippen LogP contribution in [0.25, 0.3) is 0 Å². The first-order valence-corrected chi connectivity index (χ1v) is 9.55. The number of hydrogen-bond donors (Lipinski definition) is 3. The Bertz CT molecular complexity index is 765. The molecule has 1 aromatic rings. The molecule has 30 heavy (non-hydrogen) atoms. The fourth-order valence-corrected chi connectivity index (χ4v) is 2.58. The highest BCUT2D eigenvalue weighted by Gasteiger charge is 2.22. The van der Waals surface area contributed by atoms with Crippen LogP contribution in [-0.4, -0.2) is 54.8 Å². The second-order valence-corrected chi connectivity index (χ2v) is 7.69. The summed E-state index contributed by atoms with van der Waals surface area (Å²) in [5.41, 5.74) is 1.35. The van der Waals surface area contributed by atoms with Crippen molar-refractivity contribution in [2.45, 2.75) is 65.1 Å². The summed E-state index contributed by atoms with van der Waals surface area (Å²) >= 11 is 0. The molecule has 0 saturated heterocycles. The van der Waals surface area contributed by atoms with Crippen LogP contribution in [-0.2, 0) is 48.0 Å². The van der Waals surface area contributed by atoms with Crippen molar-refractivity contribution < 1.29 is 33.4 Å². The van der Waals surface area contributed by atoms with Gasteiger partial charge in [-0.15, -0.1) is 0 Å². The smallest absolute Gasteiger partial charge is 0.408 e. The number of hydrogen-bond acceptors (Lipinski definition) is 7. The van der Waals surface area contributed by atoms with Crippen molar-refractivity contribution in [2.75, 3.05) is 14.2 Å². The average molecular weight is 425 g/mol. The Hall–Kier alpha value is -3.04. The first-order chi connectivity index (χ1) is 14.0. The first kappa shape index (κ1) is 25.0. The topological polar surface area (TPSA) is 136 Å². The van der Waals surface area contributed by atoms with Crippen LogP contribution in [0.2, 0.25) is 0 Å². The Kier molecular flexibility index (Phi) is 9.35. The number of rotatable bonds is 9. The Morgan fingerprint density at radius 2 is 1.73 bits per heavy atom. The highest BCUT2D eigenvalue weighted by Crippen LogP contribution is 2.18. The van der Waals surface area contributed by atoms with E-state index in [1.165, 1.54) is 21.1 Å². The molecule has 10 nitrogen and oxygen atoms in total. The van der Waals surface area contributed by atoms with Gasteiger partial charge in [0.1, 0.15) is 11.6 Å². The van der Waals surface area contributed by atoms with Crippen molar-refractivity contribution in [1.82, 2.24) is 15.6 Å². The monoisotopic (exact) mass is 425 g/mol. The summed E-state index contributed by atoms with van der Waals surface area (Å²) in [6, 6.07) is -0.822. The van der Waals surface area contributed by atoms with Crippen molar-refractivity contribution in [2.24, 2.45) is 0 Å². The number of carbonyl (C=O) groups is 4. The number of aromatic nitrogens is 1. The minimum absolute atomic E-state index is 0.00653. The highest BCUT2D eigenvalue weighted by atomic mass is 16.6. The van der Waals surface area contributed by atoms with Gasteiger partial charge in [0, 0.05) is 18.3 Å². The molecule has 0 radical (unpaired) electrons. The van der Waals surface area contributed by atoms with E-state index in [1.54, 1.807) is 27.0 Å². The molecule has 3 N–H and O–H groups in total. The van der Waals surface area contributed by atoms with Gasteiger partial charge in [0.2, 0.25) is 5.91 Å². The van der Waals surface area contributed by atoms with E-state index in [-0.39, 0.29) is 25.4 Å². The van der Waals surface area contributed by atoms with E-state index in [2.05, 4.69) is 20.4 Å². The maximum Gasteiger partial charge on any atom is 0.408 e. The van der Waals surface area contributed by atoms with Crippen LogP contribution in [0, 0.1) is 0 Å². The van der Waals surface area contributed by atoms with Gasteiger partial charge in [-0.3, -0.25) is 14.4 Å². The van der Waals surface area contributed by atoms with Gasteiger partial charge in [0.15, 0.2) is 0 Å². The molecule has 0 fully saturated rings. The number of aromatic amines is 1. The molecular weight excluding hydrogens is 394 g/mol. The zero-order valence-corrected chi connectivity index (χ0v) is 18.3. The predicted octanol–water partition coefficient (Wildman–Crippen LogP) is 1.37. The van der Waals surface area contributed by atoms with Gasteiger partial charge < -0.3 is 29.8 Å². The maximum absolute atomic E-state index is 12.3. The third-order valence-electron chi connectivity index (χ3n) is 4.11. The molecule has 0 saturated carbocycles. The van der Waals surface area contributed by atoms with Gasteiger partial charge in [-0.25, -0.2) is 4.79 Å². The van der Waals surface area contributed by atoms with Crippen LogP contribution in [0.5, 0.6) is 0 Å². The number of ether oxygens (including phenoxy) is 3. The minimum atomic E-state index is -0.822. The number of H-pyrrole nitrogens is 1. The lowest BCUT2D eigenvalue weighted by molar-refractivity contribution is -0.141. The van der Waals surface area contributed by atoms with Gasteiger partial charge in [0.05, 0.1) is 27.2 Å². The third kappa shape index (κ3) is 8.54. The standard InChI is InChI=1S/C20H31N3O7/c1-12(23-19(27)30-20(2,3)4)18(26)22-11-15-14(9-17(25)29-6)13(10-21-15)7-8-16(24)28-5/h10,12,21H,7-9,11H2,1-6H3,(H,22,26)(H,23,27)/t12-/m0/s1. The van der Waals surface area contributed by atoms with Crippen molar-refractivity contribution in [3.63, 3.8) is 0 Å². The van der Waals surface area contributed by atoms with E-state index in [0.717, 1.165) is 5.56 Å². The van der Waals surface area contributed by atoms with E-state index in [9.17, 15) is 19.2 Å². The first-order valence-electron chi connectivity index (χ1n) is 9.55. The molecule has 0 bridgehead atoms. The molecule has 10 heteroatoms. The Balaban J connectivity index is 2.77. The number of esters is 2. The molecule has 0 spiro atoms. The van der Waals surface area contributed by atoms with E-state index < -0.39 is 29.6 Å². The summed E-state index contributed by atoms with van der Waals surface area (Å²) in [5.74, 6) is -1.23. The quantitative estimate of drug-likeness (QED) is 0.401. The summed E-state index contributed by atoms with van der Waals surface area (Å²) in [6.07, 6.45) is 1.52. The zero-order valence-electron chi connectivity index (χ0n) is 18.3. The Morgan fingerprint density at radius 1 is 1.10 bits per heavy atom. The van der Waals surface area contributed by atoms with Crippen molar-refractivity contribution >= 4 is 23.9 Å². The number of amides is 2. The normalized spacial score (nSPS) is 11.9. The summed E-state index contributed by atoms with van der Waals surface area (Å²) < 4.78 is 14.5. The SMILES string of the molecule is COC(=O)CCc1c[nH]c(CNC(=O)[C@H](C)NC(=O)OC(C)(C)C)c1CC(=O)OC. The van der Waals surface area contributed by atoms with Crippen molar-refractivity contribution in [3.05, 3.63) is 23.0 Å².